The van der Waals surface area contributed by atoms with E-state index in [4.69, 9.17) is 20.8 Å². The molecule has 0 saturated carbocycles. The number of nitrogens with one attached hydrogen (secondary N) is 1. The van der Waals surface area contributed by atoms with E-state index in [1.165, 1.54) is 17.8 Å². The van der Waals surface area contributed by atoms with E-state index in [9.17, 15) is 10.1 Å². The van der Waals surface area contributed by atoms with Crippen molar-refractivity contribution in [3.05, 3.63) is 52.8 Å². The minimum Gasteiger partial charge on any atom is -0.450 e. The molecule has 134 valence electrons. The number of carbonyl (C=O) groups is 1. The maximum atomic E-state index is 12.1. The Morgan fingerprint density at radius 1 is 1.35 bits per heavy atom. The highest BCUT2D eigenvalue weighted by atomic mass is 35.5. The van der Waals surface area contributed by atoms with Crippen LogP contribution in [0.1, 0.15) is 18.6 Å². The molecule has 5 nitrogen and oxygen atoms in total. The van der Waals surface area contributed by atoms with Gasteiger partial charge in [0.2, 0.25) is 0 Å². The number of carbonyl (C=O) groups excluding carboxylic acids is 1. The third kappa shape index (κ3) is 5.15. The van der Waals surface area contributed by atoms with Crippen molar-refractivity contribution in [1.29, 1.82) is 5.26 Å². The molecular formula is C19H17ClN2O3S. The molecule has 2 aromatic rings. The summed E-state index contributed by atoms with van der Waals surface area (Å²) in [6, 6.07) is 12.8. The van der Waals surface area contributed by atoms with Crippen LogP contribution in [0, 0.1) is 11.3 Å². The number of furan rings is 1. The Morgan fingerprint density at radius 2 is 2.15 bits per heavy atom. The number of nitriles is 1. The molecule has 1 unspecified atom stereocenters. The Labute approximate surface area is 161 Å². The maximum Gasteiger partial charge on any atom is 0.262 e. The van der Waals surface area contributed by atoms with Crippen LogP contribution in [-0.4, -0.2) is 25.2 Å². The average Bonchev–Trinajstić information content (AvgIpc) is 3.31. The van der Waals surface area contributed by atoms with E-state index in [0.717, 1.165) is 24.3 Å². The molecule has 1 fully saturated rings. The molecule has 3 rings (SSSR count). The summed E-state index contributed by atoms with van der Waals surface area (Å²) in [6.07, 6.45) is 3.40. The van der Waals surface area contributed by atoms with Crippen molar-refractivity contribution in [1.82, 2.24) is 5.32 Å². The van der Waals surface area contributed by atoms with Gasteiger partial charge in [0, 0.05) is 29.1 Å². The summed E-state index contributed by atoms with van der Waals surface area (Å²) in [7, 11) is 0. The van der Waals surface area contributed by atoms with E-state index in [-0.39, 0.29) is 11.7 Å². The lowest BCUT2D eigenvalue weighted by Crippen LogP contribution is -2.32. The van der Waals surface area contributed by atoms with Crippen LogP contribution in [0.2, 0.25) is 5.02 Å². The van der Waals surface area contributed by atoms with Crippen molar-refractivity contribution < 1.29 is 13.9 Å². The highest BCUT2D eigenvalue weighted by Gasteiger charge is 2.18. The summed E-state index contributed by atoms with van der Waals surface area (Å²) < 4.78 is 11.1. The van der Waals surface area contributed by atoms with Crippen molar-refractivity contribution in [3.63, 3.8) is 0 Å². The second-order valence-corrected chi connectivity index (χ2v) is 7.24. The Balaban J connectivity index is 1.61. The molecule has 1 aromatic carbocycles. The van der Waals surface area contributed by atoms with Crippen molar-refractivity contribution >= 4 is 35.3 Å². The minimum atomic E-state index is -0.425. The number of nitrogens with zero attached hydrogens (tertiary/aromatic N) is 1. The normalized spacial score (nSPS) is 17.1. The second-order valence-electron chi connectivity index (χ2n) is 5.73. The maximum absolute atomic E-state index is 12.1. The zero-order chi connectivity index (χ0) is 18.4. The molecule has 0 spiro atoms. The van der Waals surface area contributed by atoms with Crippen molar-refractivity contribution in [2.45, 2.75) is 28.9 Å². The first-order chi connectivity index (χ1) is 12.6. The van der Waals surface area contributed by atoms with Gasteiger partial charge in [-0.1, -0.05) is 23.4 Å². The van der Waals surface area contributed by atoms with E-state index < -0.39 is 5.91 Å². The van der Waals surface area contributed by atoms with Crippen molar-refractivity contribution in [3.8, 4) is 6.07 Å². The molecule has 0 aliphatic carbocycles. The van der Waals surface area contributed by atoms with Gasteiger partial charge < -0.3 is 14.5 Å². The number of hydrogen-bond donors (Lipinski definition) is 1. The van der Waals surface area contributed by atoms with E-state index >= 15 is 0 Å². The summed E-state index contributed by atoms with van der Waals surface area (Å²) in [6.45, 7) is 1.13. The fourth-order valence-corrected chi connectivity index (χ4v) is 3.39. The number of rotatable bonds is 6. The van der Waals surface area contributed by atoms with E-state index in [1.54, 1.807) is 24.3 Å². The van der Waals surface area contributed by atoms with E-state index in [1.807, 2.05) is 18.2 Å². The summed E-state index contributed by atoms with van der Waals surface area (Å²) in [5, 5.41) is 13.3. The number of halogens is 1. The molecule has 1 atom stereocenters. The van der Waals surface area contributed by atoms with Gasteiger partial charge in [-0.25, -0.2) is 0 Å². The third-order valence-electron chi connectivity index (χ3n) is 3.80. The molecule has 1 N–H and O–H groups in total. The smallest absolute Gasteiger partial charge is 0.262 e. The Hall–Kier alpha value is -2.20. The van der Waals surface area contributed by atoms with Gasteiger partial charge >= 0.3 is 0 Å². The summed E-state index contributed by atoms with van der Waals surface area (Å²) in [5.74, 6) is 0.0246. The zero-order valence-corrected chi connectivity index (χ0v) is 15.5. The molecule has 7 heteroatoms. The largest absolute Gasteiger partial charge is 0.450 e. The molecular weight excluding hydrogens is 372 g/mol. The molecule has 0 bridgehead atoms. The van der Waals surface area contributed by atoms with Gasteiger partial charge in [-0.15, -0.1) is 0 Å². The van der Waals surface area contributed by atoms with Crippen LogP contribution in [0.3, 0.4) is 0 Å². The van der Waals surface area contributed by atoms with Crippen molar-refractivity contribution in [2.75, 3.05) is 13.2 Å². The van der Waals surface area contributed by atoms with Gasteiger partial charge in [0.1, 0.15) is 17.4 Å². The highest BCUT2D eigenvalue weighted by Crippen LogP contribution is 2.30. The lowest BCUT2D eigenvalue weighted by Gasteiger charge is -2.09. The van der Waals surface area contributed by atoms with Gasteiger partial charge in [-0.3, -0.25) is 4.79 Å². The fraction of sp³-hybridized carbons (Fsp3) is 0.263. The van der Waals surface area contributed by atoms with Gasteiger partial charge in [0.25, 0.3) is 5.91 Å². The topological polar surface area (TPSA) is 75.3 Å². The molecule has 0 radical (unpaired) electrons. The van der Waals surface area contributed by atoms with Crippen LogP contribution < -0.4 is 5.32 Å². The monoisotopic (exact) mass is 388 g/mol. The SMILES string of the molecule is N#CC(=Cc1ccc(Sc2ccc(Cl)cc2)o1)C(=O)NCC1CCCO1. The molecule has 1 aliphatic heterocycles. The van der Waals surface area contributed by atoms with Crippen LogP contribution in [0.25, 0.3) is 6.08 Å². The summed E-state index contributed by atoms with van der Waals surface area (Å²) in [4.78, 5) is 13.1. The van der Waals surface area contributed by atoms with Crippen LogP contribution in [0.15, 0.2) is 56.4 Å². The predicted octanol–water partition coefficient (Wildman–Crippen LogP) is 4.29. The van der Waals surface area contributed by atoms with Gasteiger partial charge in [0.15, 0.2) is 5.09 Å². The summed E-state index contributed by atoms with van der Waals surface area (Å²) in [5.41, 5.74) is 0.000361. The van der Waals surface area contributed by atoms with E-state index in [2.05, 4.69) is 5.32 Å². The predicted molar refractivity (Wildman–Crippen MR) is 99.9 cm³/mol. The molecule has 1 amide bonds. The number of benzene rings is 1. The standard InChI is InChI=1S/C19H17ClN2O3S/c20-14-3-6-17(7-4-14)26-18-8-5-15(25-18)10-13(11-21)19(23)22-12-16-2-1-9-24-16/h3-8,10,16H,1-2,9,12H2,(H,22,23). The zero-order valence-electron chi connectivity index (χ0n) is 13.9. The van der Waals surface area contributed by atoms with E-state index in [0.29, 0.717) is 22.4 Å². The molecule has 1 aromatic heterocycles. The van der Waals surface area contributed by atoms with Gasteiger partial charge in [-0.2, -0.15) is 5.26 Å². The first kappa shape index (κ1) is 18.6. The van der Waals surface area contributed by atoms with Crippen LogP contribution in [-0.2, 0) is 9.53 Å². The lowest BCUT2D eigenvalue weighted by molar-refractivity contribution is -0.117. The van der Waals surface area contributed by atoms with Gasteiger partial charge in [0.05, 0.1) is 6.10 Å². The Morgan fingerprint density at radius 3 is 2.85 bits per heavy atom. The third-order valence-corrected chi connectivity index (χ3v) is 4.98. The number of hydrogen-bond acceptors (Lipinski definition) is 5. The fourth-order valence-electron chi connectivity index (χ4n) is 2.48. The second kappa shape index (κ2) is 8.95. The Bertz CT molecular complexity index is 833. The lowest BCUT2D eigenvalue weighted by atomic mass is 10.2. The first-order valence-corrected chi connectivity index (χ1v) is 9.38. The quantitative estimate of drug-likeness (QED) is 0.590. The molecule has 1 saturated heterocycles. The van der Waals surface area contributed by atoms with Crippen LogP contribution in [0.5, 0.6) is 0 Å². The molecule has 2 heterocycles. The molecule has 1 aliphatic rings. The van der Waals surface area contributed by atoms with Gasteiger partial charge in [-0.05, 0) is 49.2 Å². The van der Waals surface area contributed by atoms with Crippen molar-refractivity contribution in [2.24, 2.45) is 0 Å². The van der Waals surface area contributed by atoms with Crippen LogP contribution in [0.4, 0.5) is 0 Å². The molecule has 26 heavy (non-hydrogen) atoms. The number of ether oxygens (including phenoxy) is 1. The summed E-state index contributed by atoms with van der Waals surface area (Å²) >= 11 is 7.30. The Kier molecular flexibility index (Phi) is 6.40. The number of amides is 1. The average molecular weight is 389 g/mol. The van der Waals surface area contributed by atoms with Crippen LogP contribution >= 0.6 is 23.4 Å². The minimum absolute atomic E-state index is 0.000361. The highest BCUT2D eigenvalue weighted by molar-refractivity contribution is 7.99. The first-order valence-electron chi connectivity index (χ1n) is 8.19.